The van der Waals surface area contributed by atoms with Crippen LogP contribution < -0.4 is 11.1 Å². The molecule has 88 valence electrons. The van der Waals surface area contributed by atoms with Crippen LogP contribution >= 0.6 is 23.5 Å². The minimum absolute atomic E-state index is 0.0107. The molecule has 3 nitrogen and oxygen atoms in total. The topological polar surface area (TPSA) is 55.1 Å². The van der Waals surface area contributed by atoms with Gasteiger partial charge in [-0.2, -0.15) is 23.5 Å². The molecule has 0 aromatic heterocycles. The summed E-state index contributed by atoms with van der Waals surface area (Å²) >= 11 is 3.68. The predicted octanol–water partition coefficient (Wildman–Crippen LogP) is 1.08. The highest BCUT2D eigenvalue weighted by atomic mass is 32.2. The summed E-state index contributed by atoms with van der Waals surface area (Å²) in [5.41, 5.74) is 5.76. The second-order valence-corrected chi connectivity index (χ2v) is 6.16. The van der Waals surface area contributed by atoms with E-state index in [1.807, 2.05) is 18.0 Å². The summed E-state index contributed by atoms with van der Waals surface area (Å²) in [5, 5.41) is 3.55. The molecule has 1 rings (SSSR count). The van der Waals surface area contributed by atoms with Crippen molar-refractivity contribution in [1.82, 2.24) is 5.32 Å². The summed E-state index contributed by atoms with van der Waals surface area (Å²) in [6, 6.07) is -0.330. The van der Waals surface area contributed by atoms with Crippen molar-refractivity contribution in [3.05, 3.63) is 0 Å². The number of nitrogens with two attached hydrogens (primary N) is 1. The minimum Gasteiger partial charge on any atom is -0.354 e. The van der Waals surface area contributed by atoms with Crippen LogP contribution in [0.3, 0.4) is 0 Å². The van der Waals surface area contributed by atoms with Crippen molar-refractivity contribution >= 4 is 29.4 Å². The van der Waals surface area contributed by atoms with Gasteiger partial charge in [0, 0.05) is 11.8 Å². The number of hydrogen-bond acceptors (Lipinski definition) is 4. The number of amides is 1. The van der Waals surface area contributed by atoms with Crippen molar-refractivity contribution in [1.29, 1.82) is 0 Å². The zero-order chi connectivity index (χ0) is 11.1. The van der Waals surface area contributed by atoms with Gasteiger partial charge in [0.25, 0.3) is 0 Å². The van der Waals surface area contributed by atoms with E-state index in [-0.39, 0.29) is 11.9 Å². The Morgan fingerprint density at radius 3 is 3.13 bits per heavy atom. The summed E-state index contributed by atoms with van der Waals surface area (Å²) in [5.74, 6) is 2.20. The fourth-order valence-electron chi connectivity index (χ4n) is 1.53. The Hall–Kier alpha value is 0.130. The number of carbonyl (C=O) groups is 1. The molecule has 1 amide bonds. The van der Waals surface area contributed by atoms with Crippen LogP contribution in [0.2, 0.25) is 0 Å². The number of rotatable bonds is 6. The fraction of sp³-hybridized carbons (Fsp3) is 0.900. The molecular weight excluding hydrogens is 228 g/mol. The summed E-state index contributed by atoms with van der Waals surface area (Å²) in [6.45, 7) is 0.788. The van der Waals surface area contributed by atoms with Gasteiger partial charge in [-0.25, -0.2) is 0 Å². The molecule has 0 bridgehead atoms. The Balaban J connectivity index is 2.11. The van der Waals surface area contributed by atoms with E-state index in [1.54, 1.807) is 11.8 Å². The maximum absolute atomic E-state index is 11.6. The highest BCUT2D eigenvalue weighted by molar-refractivity contribution is 8.00. The number of thioether (sulfide) groups is 2. The highest BCUT2D eigenvalue weighted by Crippen LogP contribution is 2.25. The third-order valence-corrected chi connectivity index (χ3v) is 4.54. The van der Waals surface area contributed by atoms with Crippen LogP contribution in [0, 0.1) is 0 Å². The quantitative estimate of drug-likeness (QED) is 0.738. The molecule has 0 aromatic rings. The maximum atomic E-state index is 11.6. The van der Waals surface area contributed by atoms with Crippen molar-refractivity contribution in [3.8, 4) is 0 Å². The third kappa shape index (κ3) is 5.13. The van der Waals surface area contributed by atoms with Gasteiger partial charge in [0.15, 0.2) is 0 Å². The van der Waals surface area contributed by atoms with Gasteiger partial charge in [0.2, 0.25) is 5.91 Å². The molecule has 0 spiro atoms. The first kappa shape index (κ1) is 13.2. The van der Waals surface area contributed by atoms with Gasteiger partial charge in [0.05, 0.1) is 6.04 Å². The first-order valence-electron chi connectivity index (χ1n) is 5.38. The fourth-order valence-corrected chi connectivity index (χ4v) is 3.22. The third-order valence-electron chi connectivity index (χ3n) is 2.50. The van der Waals surface area contributed by atoms with E-state index in [9.17, 15) is 4.79 Å². The predicted molar refractivity (Wildman–Crippen MR) is 69.5 cm³/mol. The smallest absolute Gasteiger partial charge is 0.236 e. The zero-order valence-corrected chi connectivity index (χ0v) is 10.8. The van der Waals surface area contributed by atoms with Gasteiger partial charge < -0.3 is 11.1 Å². The van der Waals surface area contributed by atoms with E-state index in [0.717, 1.165) is 18.7 Å². The van der Waals surface area contributed by atoms with E-state index in [1.165, 1.54) is 18.6 Å². The van der Waals surface area contributed by atoms with Crippen molar-refractivity contribution < 1.29 is 4.79 Å². The monoisotopic (exact) mass is 248 g/mol. The standard InChI is InChI=1S/C10H20N2OS2/c1-14-6-4-9(11)10(13)12-7-8-3-2-5-15-8/h8-9H,2-7,11H2,1H3,(H,12,13)/t8?,9-/m0/s1. The van der Waals surface area contributed by atoms with Crippen molar-refractivity contribution in [3.63, 3.8) is 0 Å². The number of nitrogens with one attached hydrogen (secondary N) is 1. The Morgan fingerprint density at radius 2 is 2.53 bits per heavy atom. The van der Waals surface area contributed by atoms with E-state index in [0.29, 0.717) is 5.25 Å². The molecule has 0 saturated carbocycles. The molecule has 0 aliphatic carbocycles. The van der Waals surface area contributed by atoms with E-state index < -0.39 is 0 Å². The molecule has 1 unspecified atom stereocenters. The van der Waals surface area contributed by atoms with Crippen molar-refractivity contribution in [2.45, 2.75) is 30.6 Å². The lowest BCUT2D eigenvalue weighted by Gasteiger charge is -2.14. The van der Waals surface area contributed by atoms with Gasteiger partial charge in [0.1, 0.15) is 0 Å². The summed E-state index contributed by atoms with van der Waals surface area (Å²) < 4.78 is 0. The lowest BCUT2D eigenvalue weighted by atomic mass is 10.2. The second-order valence-electron chi connectivity index (χ2n) is 3.77. The number of carbonyl (C=O) groups excluding carboxylic acids is 1. The van der Waals surface area contributed by atoms with Gasteiger partial charge >= 0.3 is 0 Å². The van der Waals surface area contributed by atoms with Crippen LogP contribution in [-0.4, -0.2) is 41.5 Å². The summed E-state index contributed by atoms with van der Waals surface area (Å²) in [4.78, 5) is 11.6. The van der Waals surface area contributed by atoms with Crippen LogP contribution in [0.5, 0.6) is 0 Å². The molecule has 15 heavy (non-hydrogen) atoms. The van der Waals surface area contributed by atoms with Crippen LogP contribution in [0.4, 0.5) is 0 Å². The molecule has 1 aliphatic heterocycles. The Bertz CT molecular complexity index is 196. The summed E-state index contributed by atoms with van der Waals surface area (Å²) in [6.07, 6.45) is 5.30. The molecule has 2 atom stereocenters. The summed E-state index contributed by atoms with van der Waals surface area (Å²) in [7, 11) is 0. The van der Waals surface area contributed by atoms with Crippen molar-refractivity contribution in [2.24, 2.45) is 5.73 Å². The van der Waals surface area contributed by atoms with E-state index in [2.05, 4.69) is 5.32 Å². The second kappa shape index (κ2) is 7.41. The minimum atomic E-state index is -0.330. The Morgan fingerprint density at radius 1 is 1.73 bits per heavy atom. The van der Waals surface area contributed by atoms with E-state index in [4.69, 9.17) is 5.73 Å². The molecule has 1 fully saturated rings. The van der Waals surface area contributed by atoms with Gasteiger partial charge in [-0.05, 0) is 37.0 Å². The lowest BCUT2D eigenvalue weighted by Crippen LogP contribution is -2.43. The molecule has 3 N–H and O–H groups in total. The average Bonchev–Trinajstić information content (AvgIpc) is 2.75. The van der Waals surface area contributed by atoms with Crippen LogP contribution in [0.25, 0.3) is 0 Å². The van der Waals surface area contributed by atoms with E-state index >= 15 is 0 Å². The SMILES string of the molecule is CSCC[C@H](N)C(=O)NCC1CCCS1. The van der Waals surface area contributed by atoms with Gasteiger partial charge in [-0.3, -0.25) is 4.79 Å². The zero-order valence-electron chi connectivity index (χ0n) is 9.20. The first-order chi connectivity index (χ1) is 7.24. The molecule has 1 aliphatic rings. The molecule has 0 radical (unpaired) electrons. The Kier molecular flexibility index (Phi) is 6.52. The molecule has 1 heterocycles. The normalized spacial score (nSPS) is 22.7. The lowest BCUT2D eigenvalue weighted by molar-refractivity contribution is -0.122. The number of hydrogen-bond donors (Lipinski definition) is 2. The van der Waals surface area contributed by atoms with Gasteiger partial charge in [-0.1, -0.05) is 0 Å². The average molecular weight is 248 g/mol. The molecule has 5 heteroatoms. The molecule has 0 aromatic carbocycles. The van der Waals surface area contributed by atoms with Gasteiger partial charge in [-0.15, -0.1) is 0 Å². The highest BCUT2D eigenvalue weighted by Gasteiger charge is 2.18. The Labute approximate surface area is 100 Å². The van der Waals surface area contributed by atoms with Crippen molar-refractivity contribution in [2.75, 3.05) is 24.3 Å². The molecular formula is C10H20N2OS2. The van der Waals surface area contributed by atoms with Crippen LogP contribution in [0.1, 0.15) is 19.3 Å². The largest absolute Gasteiger partial charge is 0.354 e. The first-order valence-corrected chi connectivity index (χ1v) is 7.82. The molecule has 1 saturated heterocycles. The van der Waals surface area contributed by atoms with Crippen LogP contribution in [-0.2, 0) is 4.79 Å². The maximum Gasteiger partial charge on any atom is 0.236 e. The van der Waals surface area contributed by atoms with Crippen LogP contribution in [0.15, 0.2) is 0 Å².